The smallest absolute Gasteiger partial charge is 0.367 e. The number of hydrogen-bond donors (Lipinski definition) is 1. The minimum Gasteiger partial charge on any atom is -0.508 e. The van der Waals surface area contributed by atoms with Crippen LogP contribution < -0.4 is 0 Å². The van der Waals surface area contributed by atoms with Crippen LogP contribution in [0.2, 0.25) is 5.02 Å². The zero-order valence-corrected chi connectivity index (χ0v) is 15.5. The van der Waals surface area contributed by atoms with Gasteiger partial charge < -0.3 is 9.94 Å². The van der Waals surface area contributed by atoms with Crippen molar-refractivity contribution in [3.63, 3.8) is 0 Å². The fourth-order valence-electron chi connectivity index (χ4n) is 2.94. The van der Waals surface area contributed by atoms with E-state index in [9.17, 15) is 9.90 Å². The van der Waals surface area contributed by atoms with Crippen molar-refractivity contribution in [2.45, 2.75) is 24.7 Å². The van der Waals surface area contributed by atoms with Crippen molar-refractivity contribution in [1.82, 2.24) is 0 Å². The Morgan fingerprint density at radius 2 is 2.08 bits per heavy atom. The summed E-state index contributed by atoms with van der Waals surface area (Å²) in [7, 11) is 0. The van der Waals surface area contributed by atoms with E-state index in [1.54, 1.807) is 24.3 Å². The molecule has 25 heavy (non-hydrogen) atoms. The number of carbonyl (C=O) groups excluding carboxylic acids is 1. The molecule has 3 rings (SSSR count). The molecule has 0 amide bonds. The third kappa shape index (κ3) is 3.99. The fraction of sp³-hybridized carbons (Fsp3) is 0.263. The molecule has 0 radical (unpaired) electrons. The lowest BCUT2D eigenvalue weighted by molar-refractivity contribution is 0.0515. The zero-order chi connectivity index (χ0) is 18.0. The van der Waals surface area contributed by atoms with E-state index in [1.807, 2.05) is 18.4 Å². The van der Waals surface area contributed by atoms with E-state index in [2.05, 4.69) is 12.1 Å². The highest BCUT2D eigenvalue weighted by atomic mass is 35.5. The number of phenols is 1. The summed E-state index contributed by atoms with van der Waals surface area (Å²) in [5, 5.41) is 14.1. The van der Waals surface area contributed by atoms with E-state index in [4.69, 9.17) is 16.4 Å². The van der Waals surface area contributed by atoms with E-state index in [0.29, 0.717) is 28.6 Å². The summed E-state index contributed by atoms with van der Waals surface area (Å²) in [4.78, 5) is 18.5. The second-order valence-corrected chi connectivity index (χ2v) is 7.40. The Labute approximate surface area is 155 Å². The predicted molar refractivity (Wildman–Crippen MR) is 101 cm³/mol. The van der Waals surface area contributed by atoms with Gasteiger partial charge >= 0.3 is 5.97 Å². The lowest BCUT2D eigenvalue weighted by Crippen LogP contribution is -2.19. The molecule has 0 saturated carbocycles. The van der Waals surface area contributed by atoms with E-state index in [1.165, 1.54) is 11.8 Å². The number of oxime groups is 1. The molecule has 0 aliphatic heterocycles. The monoisotopic (exact) mass is 375 g/mol. The standard InChI is InChI=1S/C19H18ClNO3S/c1-11-7-12-9-13(22)3-5-15(12)18(8-11)21-24-19(23)16-10-14(25-2)4-6-17(16)20/h3-6,9-11,22H,7-8H2,1-2H3/b21-18+. The van der Waals surface area contributed by atoms with E-state index in [0.717, 1.165) is 22.4 Å². The highest BCUT2D eigenvalue weighted by molar-refractivity contribution is 7.98. The van der Waals surface area contributed by atoms with Crippen LogP contribution in [-0.2, 0) is 11.3 Å². The molecule has 0 fully saturated rings. The van der Waals surface area contributed by atoms with Gasteiger partial charge in [0.05, 0.1) is 16.3 Å². The second kappa shape index (κ2) is 7.50. The molecule has 0 bridgehead atoms. The summed E-state index contributed by atoms with van der Waals surface area (Å²) < 4.78 is 0. The summed E-state index contributed by atoms with van der Waals surface area (Å²) in [6, 6.07) is 10.4. The molecule has 0 saturated heterocycles. The van der Waals surface area contributed by atoms with Gasteiger partial charge in [-0.3, -0.25) is 0 Å². The van der Waals surface area contributed by atoms with Crippen molar-refractivity contribution in [2.75, 3.05) is 6.26 Å². The number of hydrogen-bond acceptors (Lipinski definition) is 5. The van der Waals surface area contributed by atoms with Crippen molar-refractivity contribution in [1.29, 1.82) is 0 Å². The van der Waals surface area contributed by atoms with Crippen LogP contribution in [0.3, 0.4) is 0 Å². The highest BCUT2D eigenvalue weighted by Gasteiger charge is 2.22. The number of halogens is 1. The predicted octanol–water partition coefficient (Wildman–Crippen LogP) is 4.91. The molecular weight excluding hydrogens is 358 g/mol. The van der Waals surface area contributed by atoms with Crippen LogP contribution in [0.1, 0.15) is 34.8 Å². The van der Waals surface area contributed by atoms with Crippen molar-refractivity contribution >= 4 is 35.0 Å². The largest absolute Gasteiger partial charge is 0.508 e. The summed E-state index contributed by atoms with van der Waals surface area (Å²) in [5.74, 6) is 0.00645. The number of rotatable bonds is 3. The molecule has 1 aliphatic rings. The van der Waals surface area contributed by atoms with Crippen LogP contribution in [0.15, 0.2) is 46.4 Å². The first-order chi connectivity index (χ1) is 12.0. The molecule has 4 nitrogen and oxygen atoms in total. The van der Waals surface area contributed by atoms with Crippen LogP contribution in [0.4, 0.5) is 0 Å². The Morgan fingerprint density at radius 1 is 1.28 bits per heavy atom. The van der Waals surface area contributed by atoms with Gasteiger partial charge in [-0.15, -0.1) is 11.8 Å². The molecule has 0 heterocycles. The van der Waals surface area contributed by atoms with Crippen molar-refractivity contribution < 1.29 is 14.7 Å². The van der Waals surface area contributed by atoms with Crippen LogP contribution >= 0.6 is 23.4 Å². The molecular formula is C19H18ClNO3S. The van der Waals surface area contributed by atoms with Crippen molar-refractivity contribution in [3.05, 3.63) is 58.1 Å². The maximum Gasteiger partial charge on any atom is 0.367 e. The summed E-state index contributed by atoms with van der Waals surface area (Å²) >= 11 is 7.63. The first kappa shape index (κ1) is 17.8. The number of thioether (sulfide) groups is 1. The van der Waals surface area contributed by atoms with E-state index in [-0.39, 0.29) is 5.75 Å². The minimum absolute atomic E-state index is 0.227. The summed E-state index contributed by atoms with van der Waals surface area (Å²) in [6.07, 6.45) is 3.50. The minimum atomic E-state index is -0.577. The molecule has 1 unspecified atom stereocenters. The van der Waals surface area contributed by atoms with Gasteiger partial charge in [-0.1, -0.05) is 23.7 Å². The number of benzene rings is 2. The number of carbonyl (C=O) groups is 1. The number of aromatic hydroxyl groups is 1. The first-order valence-corrected chi connectivity index (χ1v) is 9.52. The SMILES string of the molecule is CSc1ccc(Cl)c(C(=O)O/N=C2\CC(C)Cc3cc(O)ccc32)c1. The zero-order valence-electron chi connectivity index (χ0n) is 14.0. The van der Waals surface area contributed by atoms with E-state index < -0.39 is 5.97 Å². The third-order valence-electron chi connectivity index (χ3n) is 4.14. The fourth-order valence-corrected chi connectivity index (χ4v) is 3.57. The normalized spacial score (nSPS) is 18.0. The van der Waals surface area contributed by atoms with Crippen molar-refractivity contribution in [3.8, 4) is 5.75 Å². The Balaban J connectivity index is 1.86. The van der Waals surface area contributed by atoms with Crippen LogP contribution in [-0.4, -0.2) is 23.0 Å². The molecule has 1 aliphatic carbocycles. The Kier molecular flexibility index (Phi) is 5.35. The molecule has 0 aromatic heterocycles. The lowest BCUT2D eigenvalue weighted by atomic mass is 9.83. The van der Waals surface area contributed by atoms with Gasteiger partial charge in [0, 0.05) is 10.5 Å². The number of nitrogens with zero attached hydrogens (tertiary/aromatic N) is 1. The van der Waals surface area contributed by atoms with Crippen LogP contribution in [0, 0.1) is 5.92 Å². The second-order valence-electron chi connectivity index (χ2n) is 6.12. The van der Waals surface area contributed by atoms with Gasteiger partial charge in [-0.2, -0.15) is 0 Å². The Bertz CT molecular complexity index is 851. The topological polar surface area (TPSA) is 58.9 Å². The summed E-state index contributed by atoms with van der Waals surface area (Å²) in [5.41, 5.74) is 2.93. The maximum atomic E-state index is 12.4. The third-order valence-corrected chi connectivity index (χ3v) is 5.20. The quantitative estimate of drug-likeness (QED) is 0.470. The molecule has 2 aromatic rings. The maximum absolute atomic E-state index is 12.4. The first-order valence-electron chi connectivity index (χ1n) is 7.92. The Hall–Kier alpha value is -1.98. The van der Waals surface area contributed by atoms with Gasteiger partial charge in [0.15, 0.2) is 0 Å². The molecule has 6 heteroatoms. The summed E-state index contributed by atoms with van der Waals surface area (Å²) in [6.45, 7) is 2.10. The van der Waals surface area contributed by atoms with Crippen LogP contribution in [0.25, 0.3) is 0 Å². The lowest BCUT2D eigenvalue weighted by Gasteiger charge is -2.22. The van der Waals surface area contributed by atoms with Gasteiger partial charge in [0.1, 0.15) is 5.75 Å². The molecule has 130 valence electrons. The van der Waals surface area contributed by atoms with Crippen molar-refractivity contribution in [2.24, 2.45) is 11.1 Å². The average Bonchev–Trinajstić information content (AvgIpc) is 2.59. The molecule has 1 N–H and O–H groups in total. The van der Waals surface area contributed by atoms with E-state index >= 15 is 0 Å². The van der Waals surface area contributed by atoms with Gasteiger partial charge in [-0.05, 0) is 67.0 Å². The average molecular weight is 376 g/mol. The number of phenolic OH excluding ortho intramolecular Hbond substituents is 1. The van der Waals surface area contributed by atoms with Crippen LogP contribution in [0.5, 0.6) is 5.75 Å². The Morgan fingerprint density at radius 3 is 2.84 bits per heavy atom. The molecule has 1 atom stereocenters. The van der Waals surface area contributed by atoms with Gasteiger partial charge in [0.25, 0.3) is 0 Å². The van der Waals surface area contributed by atoms with Gasteiger partial charge in [-0.25, -0.2) is 4.79 Å². The van der Waals surface area contributed by atoms with Gasteiger partial charge in [0.2, 0.25) is 0 Å². The molecule has 0 spiro atoms. The molecule has 2 aromatic carbocycles. The highest BCUT2D eigenvalue weighted by Crippen LogP contribution is 2.29. The number of fused-ring (bicyclic) bond motifs is 1.